The van der Waals surface area contributed by atoms with Gasteiger partial charge in [-0.1, -0.05) is 20.8 Å². The number of halogens is 3. The molecule has 0 aliphatic carbocycles. The first-order chi connectivity index (χ1) is 8.03. The Labute approximate surface area is 105 Å². The quantitative estimate of drug-likeness (QED) is 0.834. The van der Waals surface area contributed by atoms with Crippen molar-refractivity contribution < 1.29 is 23.1 Å². The molecule has 3 nitrogen and oxygen atoms in total. The van der Waals surface area contributed by atoms with E-state index < -0.39 is 30.0 Å². The van der Waals surface area contributed by atoms with Gasteiger partial charge in [-0.25, -0.2) is 0 Å². The van der Waals surface area contributed by atoms with E-state index in [0.29, 0.717) is 6.42 Å². The number of rotatable bonds is 2. The zero-order chi connectivity index (χ0) is 14.2. The van der Waals surface area contributed by atoms with Crippen molar-refractivity contribution >= 4 is 5.91 Å². The molecule has 106 valence electrons. The molecule has 18 heavy (non-hydrogen) atoms. The number of hydrogen-bond acceptors (Lipinski definition) is 2. The lowest BCUT2D eigenvalue weighted by Crippen LogP contribution is -2.55. The molecule has 1 rings (SSSR count). The topological polar surface area (TPSA) is 40.5 Å². The van der Waals surface area contributed by atoms with Gasteiger partial charge in [-0.05, 0) is 6.42 Å². The molecule has 0 saturated carbocycles. The van der Waals surface area contributed by atoms with Gasteiger partial charge in [0.05, 0.1) is 0 Å². The van der Waals surface area contributed by atoms with Crippen molar-refractivity contribution in [2.75, 3.05) is 13.1 Å². The minimum Gasteiger partial charge on any atom is -0.380 e. The van der Waals surface area contributed by atoms with E-state index in [9.17, 15) is 23.1 Å². The molecule has 1 aliphatic rings. The Morgan fingerprint density at radius 1 is 1.28 bits per heavy atom. The Morgan fingerprint density at radius 2 is 1.72 bits per heavy atom. The second-order valence-electron chi connectivity index (χ2n) is 5.56. The zero-order valence-corrected chi connectivity index (χ0v) is 11.0. The molecule has 0 radical (unpaired) electrons. The monoisotopic (exact) mass is 267 g/mol. The maximum Gasteiger partial charge on any atom is 0.417 e. The van der Waals surface area contributed by atoms with Crippen LogP contribution in [-0.4, -0.2) is 40.8 Å². The summed E-state index contributed by atoms with van der Waals surface area (Å²) in [6.07, 6.45) is -4.88. The zero-order valence-electron chi connectivity index (χ0n) is 11.0. The fourth-order valence-corrected chi connectivity index (χ4v) is 1.94. The van der Waals surface area contributed by atoms with E-state index >= 15 is 0 Å². The van der Waals surface area contributed by atoms with Gasteiger partial charge in [-0.2, -0.15) is 13.2 Å². The maximum atomic E-state index is 12.6. The van der Waals surface area contributed by atoms with Gasteiger partial charge >= 0.3 is 6.18 Å². The lowest BCUT2D eigenvalue weighted by molar-refractivity contribution is -0.272. The molecule has 1 aliphatic heterocycles. The van der Waals surface area contributed by atoms with Crippen LogP contribution in [0.2, 0.25) is 0 Å². The average Bonchev–Trinajstić information content (AvgIpc) is 2.27. The van der Waals surface area contributed by atoms with Gasteiger partial charge in [0, 0.05) is 31.3 Å². The fourth-order valence-electron chi connectivity index (χ4n) is 1.94. The number of alkyl halides is 3. The lowest BCUT2D eigenvalue weighted by Gasteiger charge is -2.41. The molecular formula is C12H20F3NO2. The molecule has 0 aromatic rings. The van der Waals surface area contributed by atoms with Crippen molar-refractivity contribution in [1.29, 1.82) is 0 Å². The third-order valence-corrected chi connectivity index (χ3v) is 3.87. The molecule has 1 saturated heterocycles. The number of piperidine rings is 1. The minimum atomic E-state index is -4.62. The Bertz CT molecular complexity index is 318. The van der Waals surface area contributed by atoms with Crippen LogP contribution in [0.1, 0.15) is 40.0 Å². The van der Waals surface area contributed by atoms with Crippen molar-refractivity contribution in [3.05, 3.63) is 0 Å². The van der Waals surface area contributed by atoms with Crippen molar-refractivity contribution in [2.45, 2.75) is 51.8 Å². The number of aliphatic hydroxyl groups is 1. The van der Waals surface area contributed by atoms with Crippen molar-refractivity contribution in [3.8, 4) is 0 Å². The molecule has 0 aromatic carbocycles. The first-order valence-electron chi connectivity index (χ1n) is 6.12. The highest BCUT2D eigenvalue weighted by atomic mass is 19.4. The van der Waals surface area contributed by atoms with Gasteiger partial charge < -0.3 is 10.0 Å². The predicted octanol–water partition coefficient (Wildman–Crippen LogP) is 2.34. The Hall–Kier alpha value is -0.780. The summed E-state index contributed by atoms with van der Waals surface area (Å²) in [5, 5.41) is 9.50. The summed E-state index contributed by atoms with van der Waals surface area (Å²) in [6.45, 7) is 5.34. The van der Waals surface area contributed by atoms with Crippen molar-refractivity contribution in [1.82, 2.24) is 4.90 Å². The van der Waals surface area contributed by atoms with Crippen LogP contribution < -0.4 is 0 Å². The summed E-state index contributed by atoms with van der Waals surface area (Å²) in [5.74, 6) is -0.144. The Kier molecular flexibility index (Phi) is 4.00. The second-order valence-corrected chi connectivity index (χ2v) is 5.56. The molecule has 1 amide bonds. The van der Waals surface area contributed by atoms with Crippen LogP contribution in [0.25, 0.3) is 0 Å². The predicted molar refractivity (Wildman–Crippen MR) is 60.9 cm³/mol. The molecule has 0 unspecified atom stereocenters. The first kappa shape index (κ1) is 15.3. The number of hydrogen-bond donors (Lipinski definition) is 1. The molecule has 1 N–H and O–H groups in total. The third-order valence-electron chi connectivity index (χ3n) is 3.87. The average molecular weight is 267 g/mol. The van der Waals surface area contributed by atoms with Gasteiger partial charge in [0.15, 0.2) is 5.60 Å². The van der Waals surface area contributed by atoms with Gasteiger partial charge in [0.2, 0.25) is 5.91 Å². The van der Waals surface area contributed by atoms with Crippen LogP contribution in [0.3, 0.4) is 0 Å². The minimum absolute atomic E-state index is 0.0434. The van der Waals surface area contributed by atoms with E-state index in [-0.39, 0.29) is 19.0 Å². The van der Waals surface area contributed by atoms with Crippen LogP contribution in [0.5, 0.6) is 0 Å². The summed E-state index contributed by atoms with van der Waals surface area (Å²) in [7, 11) is 0. The normalized spacial score (nSPS) is 20.9. The highest BCUT2D eigenvalue weighted by Crippen LogP contribution is 2.39. The summed E-state index contributed by atoms with van der Waals surface area (Å²) in [6, 6.07) is 0. The fraction of sp³-hybridized carbons (Fsp3) is 0.917. The van der Waals surface area contributed by atoms with Crippen LogP contribution in [0, 0.1) is 5.41 Å². The molecule has 0 atom stereocenters. The van der Waals surface area contributed by atoms with Crippen molar-refractivity contribution in [3.63, 3.8) is 0 Å². The molecule has 6 heteroatoms. The van der Waals surface area contributed by atoms with E-state index in [1.165, 1.54) is 4.90 Å². The van der Waals surface area contributed by atoms with Crippen LogP contribution in [0.4, 0.5) is 13.2 Å². The molecule has 1 heterocycles. The van der Waals surface area contributed by atoms with Crippen molar-refractivity contribution in [2.24, 2.45) is 5.41 Å². The molecule has 0 aromatic heterocycles. The van der Waals surface area contributed by atoms with Gasteiger partial charge in [0.25, 0.3) is 0 Å². The van der Waals surface area contributed by atoms with Crippen LogP contribution >= 0.6 is 0 Å². The van der Waals surface area contributed by atoms with E-state index in [1.54, 1.807) is 13.8 Å². The standard InChI is InChI=1S/C12H20F3NO2/c1-4-10(2,3)9(17)16-7-5-11(18,6-8-16)12(13,14)15/h18H,4-8H2,1-3H3. The number of carbonyl (C=O) groups excluding carboxylic acids is 1. The Balaban J connectivity index is 2.68. The lowest BCUT2D eigenvalue weighted by atomic mass is 9.85. The third kappa shape index (κ3) is 2.79. The summed E-state index contributed by atoms with van der Waals surface area (Å²) < 4.78 is 37.8. The molecular weight excluding hydrogens is 247 g/mol. The van der Waals surface area contributed by atoms with Gasteiger partial charge in [0.1, 0.15) is 0 Å². The SMILES string of the molecule is CCC(C)(C)C(=O)N1CCC(O)(C(F)(F)F)CC1. The van der Waals surface area contributed by atoms with E-state index in [0.717, 1.165) is 0 Å². The van der Waals surface area contributed by atoms with E-state index in [1.807, 2.05) is 6.92 Å². The highest BCUT2D eigenvalue weighted by Gasteiger charge is 2.55. The summed E-state index contributed by atoms with van der Waals surface area (Å²) in [5.41, 5.74) is -3.20. The van der Waals surface area contributed by atoms with Gasteiger partial charge in [-0.15, -0.1) is 0 Å². The second kappa shape index (κ2) is 4.72. The van der Waals surface area contributed by atoms with Crippen LogP contribution in [0.15, 0.2) is 0 Å². The van der Waals surface area contributed by atoms with Crippen LogP contribution in [-0.2, 0) is 4.79 Å². The summed E-state index contributed by atoms with van der Waals surface area (Å²) in [4.78, 5) is 13.5. The number of amides is 1. The number of nitrogens with zero attached hydrogens (tertiary/aromatic N) is 1. The smallest absolute Gasteiger partial charge is 0.380 e. The number of carbonyl (C=O) groups is 1. The highest BCUT2D eigenvalue weighted by molar-refractivity contribution is 5.82. The molecule has 0 bridgehead atoms. The maximum absolute atomic E-state index is 12.6. The van der Waals surface area contributed by atoms with E-state index in [2.05, 4.69) is 0 Å². The molecule has 1 fully saturated rings. The largest absolute Gasteiger partial charge is 0.417 e. The van der Waals surface area contributed by atoms with Gasteiger partial charge in [-0.3, -0.25) is 4.79 Å². The summed E-state index contributed by atoms with van der Waals surface area (Å²) >= 11 is 0. The number of likely N-dealkylation sites (tertiary alicyclic amines) is 1. The Morgan fingerprint density at radius 3 is 2.06 bits per heavy atom. The van der Waals surface area contributed by atoms with E-state index in [4.69, 9.17) is 0 Å². The molecule has 0 spiro atoms. The first-order valence-corrected chi connectivity index (χ1v) is 6.12.